The van der Waals surface area contributed by atoms with E-state index >= 15 is 0 Å². The van der Waals surface area contributed by atoms with E-state index in [1.54, 1.807) is 30.3 Å². The number of esters is 1. The van der Waals surface area contributed by atoms with Crippen LogP contribution in [0.2, 0.25) is 0 Å². The maximum atomic E-state index is 12.8. The van der Waals surface area contributed by atoms with Crippen LogP contribution in [0, 0.1) is 11.8 Å². The minimum absolute atomic E-state index is 0.123. The topological polar surface area (TPSA) is 111 Å². The van der Waals surface area contributed by atoms with Crippen molar-refractivity contribution in [3.8, 4) is 11.5 Å². The molecule has 2 aromatic carbocycles. The highest BCUT2D eigenvalue weighted by Crippen LogP contribution is 2.37. The number of benzene rings is 2. The molecule has 34 heavy (non-hydrogen) atoms. The number of nitrogens with zero attached hydrogens (tertiary/aromatic N) is 1. The van der Waals surface area contributed by atoms with Crippen LogP contribution >= 0.6 is 0 Å². The zero-order chi connectivity index (χ0) is 24.2. The van der Waals surface area contributed by atoms with Crippen molar-refractivity contribution in [3.05, 3.63) is 60.2 Å². The van der Waals surface area contributed by atoms with Crippen molar-refractivity contribution in [1.29, 1.82) is 0 Å². The summed E-state index contributed by atoms with van der Waals surface area (Å²) in [5.74, 6) is -1.66. The lowest BCUT2D eigenvalue weighted by atomic mass is 9.85. The van der Waals surface area contributed by atoms with Gasteiger partial charge in [0.25, 0.3) is 5.91 Å². The van der Waals surface area contributed by atoms with E-state index in [4.69, 9.17) is 14.2 Å². The monoisotopic (exact) mass is 464 g/mol. The zero-order valence-corrected chi connectivity index (χ0v) is 18.8. The molecule has 9 heteroatoms. The van der Waals surface area contributed by atoms with E-state index in [0.717, 1.165) is 4.90 Å². The van der Waals surface area contributed by atoms with Gasteiger partial charge in [-0.2, -0.15) is 0 Å². The molecule has 176 valence electrons. The molecule has 1 fully saturated rings. The molecular weight excluding hydrogens is 440 g/mol. The number of rotatable bonds is 7. The van der Waals surface area contributed by atoms with Crippen LogP contribution in [0.1, 0.15) is 23.2 Å². The number of allylic oxidation sites excluding steroid dienone is 2. The molecule has 0 radical (unpaired) electrons. The first-order valence-corrected chi connectivity index (χ1v) is 10.7. The van der Waals surface area contributed by atoms with Gasteiger partial charge in [-0.3, -0.25) is 19.3 Å². The summed E-state index contributed by atoms with van der Waals surface area (Å²) in [5, 5.41) is 2.61. The van der Waals surface area contributed by atoms with Crippen LogP contribution in [0.4, 0.5) is 11.4 Å². The molecular formula is C25H24N2O7. The Bertz CT molecular complexity index is 1150. The Labute approximate surface area is 196 Å². The van der Waals surface area contributed by atoms with Crippen molar-refractivity contribution in [2.24, 2.45) is 11.8 Å². The second kappa shape index (κ2) is 9.78. The van der Waals surface area contributed by atoms with Gasteiger partial charge in [-0.15, -0.1) is 0 Å². The fourth-order valence-corrected chi connectivity index (χ4v) is 4.14. The van der Waals surface area contributed by atoms with Crippen LogP contribution < -0.4 is 19.7 Å². The fraction of sp³-hybridized carbons (Fsp3) is 0.280. The number of methoxy groups -OCH3 is 2. The van der Waals surface area contributed by atoms with Gasteiger partial charge in [0.2, 0.25) is 11.8 Å². The van der Waals surface area contributed by atoms with Gasteiger partial charge < -0.3 is 19.5 Å². The Morgan fingerprint density at radius 3 is 2.32 bits per heavy atom. The zero-order valence-electron chi connectivity index (χ0n) is 18.8. The molecule has 1 aliphatic carbocycles. The molecule has 0 bridgehead atoms. The third kappa shape index (κ3) is 4.50. The molecule has 0 unspecified atom stereocenters. The van der Waals surface area contributed by atoms with E-state index in [2.05, 4.69) is 5.32 Å². The summed E-state index contributed by atoms with van der Waals surface area (Å²) in [5.41, 5.74) is 0.800. The molecule has 2 aliphatic rings. The molecule has 0 aromatic heterocycles. The summed E-state index contributed by atoms with van der Waals surface area (Å²) in [6.45, 7) is -0.541. The second-order valence-corrected chi connectivity index (χ2v) is 7.91. The largest absolute Gasteiger partial charge is 0.497 e. The molecule has 1 heterocycles. The number of fused-ring (bicyclic) bond motifs is 1. The highest BCUT2D eigenvalue weighted by molar-refractivity contribution is 6.22. The van der Waals surface area contributed by atoms with E-state index in [1.165, 1.54) is 26.4 Å². The summed E-state index contributed by atoms with van der Waals surface area (Å²) >= 11 is 0. The van der Waals surface area contributed by atoms with Crippen LogP contribution in [-0.2, 0) is 19.1 Å². The number of hydrogen-bond acceptors (Lipinski definition) is 7. The molecule has 0 spiro atoms. The third-order valence-corrected chi connectivity index (χ3v) is 5.86. The molecule has 0 saturated carbocycles. The number of amides is 3. The molecule has 2 atom stereocenters. The number of nitrogens with one attached hydrogen (secondary N) is 1. The predicted molar refractivity (Wildman–Crippen MR) is 123 cm³/mol. The summed E-state index contributed by atoms with van der Waals surface area (Å²) in [6, 6.07) is 11.0. The highest BCUT2D eigenvalue weighted by Gasteiger charge is 2.47. The molecule has 3 amide bonds. The van der Waals surface area contributed by atoms with Crippen molar-refractivity contribution >= 4 is 35.1 Å². The van der Waals surface area contributed by atoms with Gasteiger partial charge in [0.1, 0.15) is 11.5 Å². The van der Waals surface area contributed by atoms with Crippen molar-refractivity contribution < 1.29 is 33.4 Å². The van der Waals surface area contributed by atoms with Crippen molar-refractivity contribution in [3.63, 3.8) is 0 Å². The van der Waals surface area contributed by atoms with Gasteiger partial charge in [-0.25, -0.2) is 4.79 Å². The highest BCUT2D eigenvalue weighted by atomic mass is 16.5. The lowest BCUT2D eigenvalue weighted by Gasteiger charge is -2.16. The lowest BCUT2D eigenvalue weighted by Crippen LogP contribution is -2.31. The minimum atomic E-state index is -0.757. The van der Waals surface area contributed by atoms with Crippen molar-refractivity contribution in [2.75, 3.05) is 31.0 Å². The van der Waals surface area contributed by atoms with Gasteiger partial charge in [0.05, 0.1) is 43.0 Å². The summed E-state index contributed by atoms with van der Waals surface area (Å²) < 4.78 is 15.5. The van der Waals surface area contributed by atoms with E-state index in [0.29, 0.717) is 35.7 Å². The van der Waals surface area contributed by atoms with E-state index in [-0.39, 0.29) is 29.2 Å². The smallest absolute Gasteiger partial charge is 0.338 e. The first kappa shape index (κ1) is 23.0. The Morgan fingerprint density at radius 1 is 0.971 bits per heavy atom. The van der Waals surface area contributed by atoms with E-state index in [1.807, 2.05) is 12.2 Å². The van der Waals surface area contributed by atoms with Gasteiger partial charge in [0.15, 0.2) is 6.61 Å². The third-order valence-electron chi connectivity index (χ3n) is 5.86. The van der Waals surface area contributed by atoms with Crippen LogP contribution in [0.5, 0.6) is 11.5 Å². The number of carbonyl (C=O) groups is 4. The van der Waals surface area contributed by atoms with Crippen LogP contribution in [0.3, 0.4) is 0 Å². The quantitative estimate of drug-likeness (QED) is 0.381. The Balaban J connectivity index is 1.41. The summed E-state index contributed by atoms with van der Waals surface area (Å²) in [7, 11) is 2.96. The van der Waals surface area contributed by atoms with Gasteiger partial charge in [-0.1, -0.05) is 18.2 Å². The number of anilines is 2. The maximum absolute atomic E-state index is 12.8. The number of imide groups is 1. The Kier molecular flexibility index (Phi) is 6.62. The number of carbonyl (C=O) groups excluding carboxylic acids is 4. The lowest BCUT2D eigenvalue weighted by molar-refractivity contribution is -0.122. The molecule has 4 rings (SSSR count). The van der Waals surface area contributed by atoms with Gasteiger partial charge in [-0.05, 0) is 43.2 Å². The predicted octanol–water partition coefficient (Wildman–Crippen LogP) is 2.95. The molecule has 9 nitrogen and oxygen atoms in total. The average Bonchev–Trinajstić information content (AvgIpc) is 3.12. The van der Waals surface area contributed by atoms with E-state index in [9.17, 15) is 19.2 Å². The standard InChI is InChI=1S/C25H24N2O7/c1-32-17-10-11-21(33-2)20(13-17)26-22(28)14-34-25(31)15-6-5-7-16(12-15)27-23(29)18-8-3-4-9-19(18)24(27)30/h3-7,10-13,18-19H,8-9,14H2,1-2H3,(H,26,28)/t18-,19-/m1/s1. The first-order valence-electron chi connectivity index (χ1n) is 10.7. The summed E-state index contributed by atoms with van der Waals surface area (Å²) in [4.78, 5) is 51.6. The second-order valence-electron chi connectivity index (χ2n) is 7.91. The molecule has 1 N–H and O–H groups in total. The van der Waals surface area contributed by atoms with Crippen LogP contribution in [0.15, 0.2) is 54.6 Å². The number of hydrogen-bond donors (Lipinski definition) is 1. The first-order chi connectivity index (χ1) is 16.4. The maximum Gasteiger partial charge on any atom is 0.338 e. The number of ether oxygens (including phenoxy) is 3. The van der Waals surface area contributed by atoms with Gasteiger partial charge in [0, 0.05) is 6.07 Å². The normalized spacial score (nSPS) is 18.9. The molecule has 2 aromatic rings. The summed E-state index contributed by atoms with van der Waals surface area (Å²) in [6.07, 6.45) is 4.88. The SMILES string of the molecule is COc1ccc(OC)c(NC(=O)COC(=O)c2cccc(N3C(=O)[C@@H]4CC=CC[C@H]4C3=O)c2)c1. The van der Waals surface area contributed by atoms with Crippen LogP contribution in [-0.4, -0.2) is 44.5 Å². The van der Waals surface area contributed by atoms with Crippen LogP contribution in [0.25, 0.3) is 0 Å². The average molecular weight is 464 g/mol. The Morgan fingerprint density at radius 2 is 1.68 bits per heavy atom. The van der Waals surface area contributed by atoms with Gasteiger partial charge >= 0.3 is 5.97 Å². The Hall–Kier alpha value is -4.14. The molecule has 1 aliphatic heterocycles. The molecule has 1 saturated heterocycles. The van der Waals surface area contributed by atoms with Crippen molar-refractivity contribution in [2.45, 2.75) is 12.8 Å². The van der Waals surface area contributed by atoms with E-state index < -0.39 is 18.5 Å². The van der Waals surface area contributed by atoms with Crippen molar-refractivity contribution in [1.82, 2.24) is 0 Å². The minimum Gasteiger partial charge on any atom is -0.497 e. The fourth-order valence-electron chi connectivity index (χ4n) is 4.14.